The van der Waals surface area contributed by atoms with E-state index in [0.29, 0.717) is 4.90 Å². The molecule has 4 nitrogen and oxygen atoms in total. The van der Waals surface area contributed by atoms with E-state index in [1.54, 1.807) is 18.2 Å². The number of anilines is 1. The van der Waals surface area contributed by atoms with Gasteiger partial charge in [0.05, 0.1) is 10.9 Å². The molecule has 0 saturated heterocycles. The number of benzene rings is 1. The molecular weight excluding hydrogens is 262 g/mol. The van der Waals surface area contributed by atoms with Crippen molar-refractivity contribution < 1.29 is 12.8 Å². The lowest BCUT2D eigenvalue weighted by atomic mass is 10.2. The van der Waals surface area contributed by atoms with Crippen molar-refractivity contribution in [2.75, 3.05) is 11.6 Å². The number of sulfone groups is 1. The Morgan fingerprint density at radius 3 is 2.53 bits per heavy atom. The number of hydrogen-bond donors (Lipinski definition) is 1. The SMILES string of the molecule is Cc1ccc(C(C)Nc2cccc(S(C)(=O)=O)c2)o1. The van der Waals surface area contributed by atoms with Gasteiger partial charge >= 0.3 is 0 Å². The summed E-state index contributed by atoms with van der Waals surface area (Å²) in [5.74, 6) is 1.68. The van der Waals surface area contributed by atoms with E-state index < -0.39 is 9.84 Å². The van der Waals surface area contributed by atoms with E-state index in [0.717, 1.165) is 17.2 Å². The summed E-state index contributed by atoms with van der Waals surface area (Å²) in [5.41, 5.74) is 0.754. The summed E-state index contributed by atoms with van der Waals surface area (Å²) in [6.45, 7) is 3.85. The predicted octanol–water partition coefficient (Wildman–Crippen LogP) is 3.16. The molecule has 5 heteroatoms. The Labute approximate surface area is 113 Å². The smallest absolute Gasteiger partial charge is 0.175 e. The minimum Gasteiger partial charge on any atom is -0.464 e. The van der Waals surface area contributed by atoms with Crippen LogP contribution in [0.5, 0.6) is 0 Å². The van der Waals surface area contributed by atoms with Gasteiger partial charge in [-0.3, -0.25) is 0 Å². The molecule has 0 radical (unpaired) electrons. The van der Waals surface area contributed by atoms with Crippen molar-refractivity contribution in [2.24, 2.45) is 0 Å². The molecule has 0 aliphatic carbocycles. The number of rotatable bonds is 4. The fraction of sp³-hybridized carbons (Fsp3) is 0.286. The number of aryl methyl sites for hydroxylation is 1. The maximum Gasteiger partial charge on any atom is 0.175 e. The third-order valence-electron chi connectivity index (χ3n) is 2.83. The second-order valence-corrected chi connectivity index (χ2v) is 6.63. The van der Waals surface area contributed by atoms with Gasteiger partial charge in [0.25, 0.3) is 0 Å². The third-order valence-corrected chi connectivity index (χ3v) is 3.94. The van der Waals surface area contributed by atoms with E-state index in [1.165, 1.54) is 6.26 Å². The van der Waals surface area contributed by atoms with E-state index in [-0.39, 0.29) is 6.04 Å². The Morgan fingerprint density at radius 2 is 1.95 bits per heavy atom. The van der Waals surface area contributed by atoms with E-state index >= 15 is 0 Å². The largest absolute Gasteiger partial charge is 0.464 e. The first-order valence-corrected chi connectivity index (χ1v) is 7.88. The Morgan fingerprint density at radius 1 is 1.21 bits per heavy atom. The average Bonchev–Trinajstić information content (AvgIpc) is 2.75. The fourth-order valence-corrected chi connectivity index (χ4v) is 2.49. The molecule has 0 aliphatic heterocycles. The standard InChI is InChI=1S/C14H17NO3S/c1-10-7-8-14(18-10)11(2)15-12-5-4-6-13(9-12)19(3,16)17/h4-9,11,15H,1-3H3. The number of nitrogens with one attached hydrogen (secondary N) is 1. The van der Waals surface area contributed by atoms with E-state index in [1.807, 2.05) is 32.0 Å². The lowest BCUT2D eigenvalue weighted by molar-refractivity contribution is 0.467. The highest BCUT2D eigenvalue weighted by atomic mass is 32.2. The average molecular weight is 279 g/mol. The fourth-order valence-electron chi connectivity index (χ4n) is 1.82. The summed E-state index contributed by atoms with van der Waals surface area (Å²) in [6, 6.07) is 10.6. The van der Waals surface area contributed by atoms with E-state index in [4.69, 9.17) is 4.42 Å². The van der Waals surface area contributed by atoms with Gasteiger partial charge in [-0.25, -0.2) is 8.42 Å². The van der Waals surface area contributed by atoms with Crippen molar-refractivity contribution in [1.29, 1.82) is 0 Å². The molecule has 2 aromatic rings. The van der Waals surface area contributed by atoms with Crippen molar-refractivity contribution in [3.8, 4) is 0 Å². The van der Waals surface area contributed by atoms with E-state index in [2.05, 4.69) is 5.32 Å². The zero-order valence-electron chi connectivity index (χ0n) is 11.2. The van der Waals surface area contributed by atoms with Crippen LogP contribution in [0.3, 0.4) is 0 Å². The van der Waals surface area contributed by atoms with Gasteiger partial charge < -0.3 is 9.73 Å². The minimum atomic E-state index is -3.19. The van der Waals surface area contributed by atoms with Crippen molar-refractivity contribution >= 4 is 15.5 Å². The van der Waals surface area contributed by atoms with Crippen LogP contribution in [0.4, 0.5) is 5.69 Å². The maximum atomic E-state index is 11.5. The van der Waals surface area contributed by atoms with Crippen LogP contribution in [0.25, 0.3) is 0 Å². The highest BCUT2D eigenvalue weighted by molar-refractivity contribution is 7.90. The van der Waals surface area contributed by atoms with Gasteiger partial charge in [0.2, 0.25) is 0 Å². The molecule has 0 bridgehead atoms. The van der Waals surface area contributed by atoms with Crippen LogP contribution in [0.1, 0.15) is 24.5 Å². The van der Waals surface area contributed by atoms with Crippen molar-refractivity contribution in [3.05, 3.63) is 47.9 Å². The molecule has 2 rings (SSSR count). The van der Waals surface area contributed by atoms with Crippen LogP contribution >= 0.6 is 0 Å². The first kappa shape index (κ1) is 13.7. The molecule has 102 valence electrons. The van der Waals surface area contributed by atoms with Gasteiger partial charge in [0, 0.05) is 11.9 Å². The second kappa shape index (κ2) is 5.09. The van der Waals surface area contributed by atoms with Crippen LogP contribution in [-0.2, 0) is 9.84 Å². The van der Waals surface area contributed by atoms with E-state index in [9.17, 15) is 8.42 Å². The molecule has 1 aromatic carbocycles. The normalized spacial score (nSPS) is 13.2. The highest BCUT2D eigenvalue weighted by Crippen LogP contribution is 2.22. The van der Waals surface area contributed by atoms with Crippen LogP contribution in [0, 0.1) is 6.92 Å². The van der Waals surface area contributed by atoms with Gasteiger partial charge in [-0.15, -0.1) is 0 Å². The third kappa shape index (κ3) is 3.38. The first-order valence-electron chi connectivity index (χ1n) is 5.99. The monoisotopic (exact) mass is 279 g/mol. The van der Waals surface area contributed by atoms with Gasteiger partial charge in [-0.2, -0.15) is 0 Å². The van der Waals surface area contributed by atoms with Crippen LogP contribution in [-0.4, -0.2) is 14.7 Å². The molecule has 1 unspecified atom stereocenters. The van der Waals surface area contributed by atoms with Crippen molar-refractivity contribution in [1.82, 2.24) is 0 Å². The lowest BCUT2D eigenvalue weighted by Crippen LogP contribution is -2.06. The zero-order chi connectivity index (χ0) is 14.0. The molecule has 19 heavy (non-hydrogen) atoms. The maximum absolute atomic E-state index is 11.5. The summed E-state index contributed by atoms with van der Waals surface area (Å²) in [5, 5.41) is 3.23. The van der Waals surface area contributed by atoms with Crippen LogP contribution in [0.15, 0.2) is 45.7 Å². The van der Waals surface area contributed by atoms with Gasteiger partial charge in [-0.1, -0.05) is 6.07 Å². The van der Waals surface area contributed by atoms with Gasteiger partial charge in [0.15, 0.2) is 9.84 Å². The molecule has 0 saturated carbocycles. The Balaban J connectivity index is 2.20. The molecule has 0 spiro atoms. The summed E-state index contributed by atoms with van der Waals surface area (Å²) >= 11 is 0. The predicted molar refractivity (Wildman–Crippen MR) is 75.0 cm³/mol. The summed E-state index contributed by atoms with van der Waals surface area (Å²) in [7, 11) is -3.19. The summed E-state index contributed by atoms with van der Waals surface area (Å²) in [6.07, 6.45) is 1.20. The quantitative estimate of drug-likeness (QED) is 0.934. The Hall–Kier alpha value is -1.75. The lowest BCUT2D eigenvalue weighted by Gasteiger charge is -2.13. The van der Waals surface area contributed by atoms with Crippen molar-refractivity contribution in [3.63, 3.8) is 0 Å². The highest BCUT2D eigenvalue weighted by Gasteiger charge is 2.11. The van der Waals surface area contributed by atoms with Gasteiger partial charge in [0.1, 0.15) is 11.5 Å². The topological polar surface area (TPSA) is 59.3 Å². The Bertz CT molecular complexity index is 674. The van der Waals surface area contributed by atoms with Crippen LogP contribution < -0.4 is 5.32 Å². The molecule has 0 aliphatic rings. The molecule has 1 atom stereocenters. The van der Waals surface area contributed by atoms with Crippen molar-refractivity contribution in [2.45, 2.75) is 24.8 Å². The molecule has 1 heterocycles. The van der Waals surface area contributed by atoms with Crippen LogP contribution in [0.2, 0.25) is 0 Å². The summed E-state index contributed by atoms with van der Waals surface area (Å²) < 4.78 is 28.5. The second-order valence-electron chi connectivity index (χ2n) is 4.61. The molecule has 0 fully saturated rings. The first-order chi connectivity index (χ1) is 8.86. The van der Waals surface area contributed by atoms with Gasteiger partial charge in [-0.05, 0) is 44.2 Å². The number of furan rings is 1. The zero-order valence-corrected chi connectivity index (χ0v) is 12.0. The summed E-state index contributed by atoms with van der Waals surface area (Å²) in [4.78, 5) is 0.306. The molecular formula is C14H17NO3S. The molecule has 1 aromatic heterocycles. The number of hydrogen-bond acceptors (Lipinski definition) is 4. The minimum absolute atomic E-state index is 0.0245. The molecule has 0 amide bonds. The Kier molecular flexibility index (Phi) is 3.66. The molecule has 1 N–H and O–H groups in total.